The number of carbonyl (C=O) groups excluding carboxylic acids is 1. The fraction of sp³-hybridized carbons (Fsp3) is 0.400. The third-order valence-electron chi connectivity index (χ3n) is 2.36. The largest absolute Gasteiger partial charge is 0.489 e. The second-order valence-corrected chi connectivity index (χ2v) is 4.00. The van der Waals surface area contributed by atoms with E-state index in [-0.39, 0.29) is 5.97 Å². The van der Waals surface area contributed by atoms with Crippen molar-refractivity contribution >= 4 is 5.97 Å². The van der Waals surface area contributed by atoms with Gasteiger partial charge >= 0.3 is 5.97 Å². The molecule has 0 spiro atoms. The predicted octanol–water partition coefficient (Wildman–Crippen LogP) is 3.60. The third-order valence-corrected chi connectivity index (χ3v) is 2.36. The Hall–Kier alpha value is -1.77. The predicted molar refractivity (Wildman–Crippen MR) is 71.9 cm³/mol. The maximum atomic E-state index is 11.5. The van der Waals surface area contributed by atoms with Crippen molar-refractivity contribution in [1.29, 1.82) is 0 Å². The molecule has 0 bridgehead atoms. The first-order valence-corrected chi connectivity index (χ1v) is 6.23. The van der Waals surface area contributed by atoms with Crippen LogP contribution < -0.4 is 4.74 Å². The first kappa shape index (κ1) is 14.3. The minimum absolute atomic E-state index is 0.316. The van der Waals surface area contributed by atoms with Crippen molar-refractivity contribution in [3.63, 3.8) is 0 Å². The van der Waals surface area contributed by atoms with Gasteiger partial charge in [-0.25, -0.2) is 4.79 Å². The second kappa shape index (κ2) is 7.54. The smallest absolute Gasteiger partial charge is 0.338 e. The highest BCUT2D eigenvalue weighted by Crippen LogP contribution is 2.15. The first-order chi connectivity index (χ1) is 8.67. The van der Waals surface area contributed by atoms with Crippen LogP contribution >= 0.6 is 0 Å². The molecule has 0 aliphatic carbocycles. The fourth-order valence-corrected chi connectivity index (χ4v) is 1.53. The van der Waals surface area contributed by atoms with Crippen LogP contribution in [0.2, 0.25) is 0 Å². The van der Waals surface area contributed by atoms with Gasteiger partial charge in [-0.3, -0.25) is 0 Å². The Morgan fingerprint density at radius 1 is 1.33 bits per heavy atom. The van der Waals surface area contributed by atoms with Gasteiger partial charge in [0, 0.05) is 0 Å². The Kier molecular flexibility index (Phi) is 5.98. The summed E-state index contributed by atoms with van der Waals surface area (Å²) < 4.78 is 10.6. The average molecular weight is 248 g/mol. The molecule has 0 saturated carbocycles. The molecule has 0 amide bonds. The summed E-state index contributed by atoms with van der Waals surface area (Å²) in [5.41, 5.74) is 1.70. The van der Waals surface area contributed by atoms with E-state index in [2.05, 4.69) is 13.0 Å². The second-order valence-electron chi connectivity index (χ2n) is 4.00. The lowest BCUT2D eigenvalue weighted by Crippen LogP contribution is -2.05. The molecular formula is C15H20O3. The Bertz CT molecular complexity index is 422. The zero-order valence-corrected chi connectivity index (χ0v) is 11.2. The number of carbonyl (C=O) groups is 1. The van der Waals surface area contributed by atoms with Gasteiger partial charge in [0.25, 0.3) is 0 Å². The monoisotopic (exact) mass is 248 g/mol. The van der Waals surface area contributed by atoms with Crippen molar-refractivity contribution in [1.82, 2.24) is 0 Å². The van der Waals surface area contributed by atoms with E-state index in [0.717, 1.165) is 6.42 Å². The van der Waals surface area contributed by atoms with Gasteiger partial charge in [0.1, 0.15) is 12.4 Å². The molecule has 0 aliphatic heterocycles. The van der Waals surface area contributed by atoms with Crippen molar-refractivity contribution < 1.29 is 14.3 Å². The van der Waals surface area contributed by atoms with E-state index in [1.807, 2.05) is 13.0 Å². The molecule has 98 valence electrons. The summed E-state index contributed by atoms with van der Waals surface area (Å²) in [6.07, 6.45) is 3.12. The van der Waals surface area contributed by atoms with Crippen LogP contribution in [0.1, 0.15) is 37.6 Å². The van der Waals surface area contributed by atoms with Crippen molar-refractivity contribution in [2.75, 3.05) is 13.2 Å². The summed E-state index contributed by atoms with van der Waals surface area (Å²) in [7, 11) is 0. The normalized spacial score (nSPS) is 11.2. The van der Waals surface area contributed by atoms with Crippen LogP contribution in [0.5, 0.6) is 5.75 Å². The molecule has 0 radical (unpaired) electrons. The van der Waals surface area contributed by atoms with E-state index in [1.54, 1.807) is 25.1 Å². The van der Waals surface area contributed by atoms with Gasteiger partial charge in [-0.1, -0.05) is 19.1 Å². The fourth-order valence-electron chi connectivity index (χ4n) is 1.53. The Morgan fingerprint density at radius 2 is 2.11 bits per heavy atom. The van der Waals surface area contributed by atoms with Crippen LogP contribution in [0, 0.1) is 0 Å². The quantitative estimate of drug-likeness (QED) is 0.570. The average Bonchev–Trinajstić information content (AvgIpc) is 2.37. The van der Waals surface area contributed by atoms with E-state index >= 15 is 0 Å². The van der Waals surface area contributed by atoms with Crippen molar-refractivity contribution in [2.24, 2.45) is 0 Å². The van der Waals surface area contributed by atoms with Crippen LogP contribution in [-0.4, -0.2) is 19.2 Å². The van der Waals surface area contributed by atoms with E-state index in [0.29, 0.717) is 24.5 Å². The summed E-state index contributed by atoms with van der Waals surface area (Å²) in [6, 6.07) is 7.05. The van der Waals surface area contributed by atoms with Crippen LogP contribution in [0.15, 0.2) is 35.9 Å². The van der Waals surface area contributed by atoms with Gasteiger partial charge in [-0.05, 0) is 44.0 Å². The first-order valence-electron chi connectivity index (χ1n) is 6.23. The number of esters is 1. The molecule has 1 rings (SSSR count). The van der Waals surface area contributed by atoms with E-state index in [4.69, 9.17) is 9.47 Å². The van der Waals surface area contributed by atoms with Gasteiger partial charge in [0.2, 0.25) is 0 Å². The van der Waals surface area contributed by atoms with Crippen molar-refractivity contribution in [3.05, 3.63) is 41.5 Å². The van der Waals surface area contributed by atoms with Gasteiger partial charge in [-0.15, -0.1) is 0 Å². The molecule has 0 atom stereocenters. The van der Waals surface area contributed by atoms with E-state index in [1.165, 1.54) is 5.57 Å². The molecular weight excluding hydrogens is 228 g/mol. The topological polar surface area (TPSA) is 35.5 Å². The maximum absolute atomic E-state index is 11.5. The summed E-state index contributed by atoms with van der Waals surface area (Å²) in [5.74, 6) is 0.369. The molecule has 0 aliphatic rings. The van der Waals surface area contributed by atoms with Crippen LogP contribution in [0.3, 0.4) is 0 Å². The Labute approximate surface area is 108 Å². The van der Waals surface area contributed by atoms with Crippen molar-refractivity contribution in [2.45, 2.75) is 27.2 Å². The number of hydrogen-bond acceptors (Lipinski definition) is 3. The minimum atomic E-state index is -0.316. The summed E-state index contributed by atoms with van der Waals surface area (Å²) in [6.45, 7) is 6.82. The lowest BCUT2D eigenvalue weighted by Gasteiger charge is -2.08. The minimum Gasteiger partial charge on any atom is -0.489 e. The molecule has 1 aromatic carbocycles. The molecule has 0 saturated heterocycles. The molecule has 18 heavy (non-hydrogen) atoms. The summed E-state index contributed by atoms with van der Waals surface area (Å²) >= 11 is 0. The standard InChI is InChI=1S/C15H20O3/c1-4-7-12(3)11-18-14-9-6-8-13(10-14)15(16)17-5-2/h6-10H,4-5,11H2,1-3H3/b12-7-. The van der Waals surface area contributed by atoms with E-state index in [9.17, 15) is 4.79 Å². The highest BCUT2D eigenvalue weighted by Gasteiger charge is 2.07. The van der Waals surface area contributed by atoms with Gasteiger partial charge in [0.15, 0.2) is 0 Å². The van der Waals surface area contributed by atoms with Crippen LogP contribution in [0.25, 0.3) is 0 Å². The number of allylic oxidation sites excluding steroid dienone is 1. The number of ether oxygens (including phenoxy) is 2. The molecule has 0 N–H and O–H groups in total. The molecule has 1 aromatic rings. The van der Waals surface area contributed by atoms with Crippen molar-refractivity contribution in [3.8, 4) is 5.75 Å². The molecule has 3 heteroatoms. The number of rotatable bonds is 6. The SMILES string of the molecule is CC/C=C(/C)COc1cccc(C(=O)OCC)c1. The van der Waals surface area contributed by atoms with Crippen LogP contribution in [-0.2, 0) is 4.74 Å². The molecule has 3 nitrogen and oxygen atoms in total. The Balaban J connectivity index is 2.65. The lowest BCUT2D eigenvalue weighted by atomic mass is 10.2. The lowest BCUT2D eigenvalue weighted by molar-refractivity contribution is 0.0526. The van der Waals surface area contributed by atoms with Gasteiger partial charge < -0.3 is 9.47 Å². The third kappa shape index (κ3) is 4.62. The molecule has 0 unspecified atom stereocenters. The zero-order valence-electron chi connectivity index (χ0n) is 11.2. The maximum Gasteiger partial charge on any atom is 0.338 e. The van der Waals surface area contributed by atoms with E-state index < -0.39 is 0 Å². The highest BCUT2D eigenvalue weighted by molar-refractivity contribution is 5.89. The molecule has 0 heterocycles. The van der Waals surface area contributed by atoms with Gasteiger partial charge in [-0.2, -0.15) is 0 Å². The Morgan fingerprint density at radius 3 is 2.78 bits per heavy atom. The molecule has 0 fully saturated rings. The highest BCUT2D eigenvalue weighted by atomic mass is 16.5. The molecule has 0 aromatic heterocycles. The number of hydrogen-bond donors (Lipinski definition) is 0. The van der Waals surface area contributed by atoms with Crippen LogP contribution in [0.4, 0.5) is 0 Å². The summed E-state index contributed by atoms with van der Waals surface area (Å²) in [5, 5.41) is 0. The van der Waals surface area contributed by atoms with Gasteiger partial charge in [0.05, 0.1) is 12.2 Å². The summed E-state index contributed by atoms with van der Waals surface area (Å²) in [4.78, 5) is 11.5. The zero-order chi connectivity index (χ0) is 13.4. The number of benzene rings is 1.